The Kier molecular flexibility index (Phi) is 8.60. The van der Waals surface area contributed by atoms with Crippen molar-refractivity contribution < 1.29 is 39.3 Å². The van der Waals surface area contributed by atoms with Crippen LogP contribution in [0.15, 0.2) is 30.5 Å². The van der Waals surface area contributed by atoms with E-state index in [1.54, 1.807) is 0 Å². The van der Waals surface area contributed by atoms with Crippen LogP contribution in [0, 0.1) is 6.92 Å². The summed E-state index contributed by atoms with van der Waals surface area (Å²) >= 11 is 0. The fraction of sp³-hybridized carbons (Fsp3) is 0.350. The SMILES string of the molecule is Cc1ccc(-c2cn(CC(=O)NC(CC(=O)O)C(=O)NC(CCC(=O)O)C(=O)O)nn2)cc1. The number of nitrogens with one attached hydrogen (secondary N) is 2. The Morgan fingerprint density at radius 2 is 1.64 bits per heavy atom. The highest BCUT2D eigenvalue weighted by molar-refractivity contribution is 5.92. The van der Waals surface area contributed by atoms with Crippen LogP contribution in [0.2, 0.25) is 0 Å². The van der Waals surface area contributed by atoms with Gasteiger partial charge in [-0.2, -0.15) is 0 Å². The Morgan fingerprint density at radius 3 is 2.21 bits per heavy atom. The number of hydrogen-bond acceptors (Lipinski definition) is 7. The zero-order valence-electron chi connectivity index (χ0n) is 17.6. The predicted molar refractivity (Wildman–Crippen MR) is 111 cm³/mol. The lowest BCUT2D eigenvalue weighted by Gasteiger charge is -2.20. The quantitative estimate of drug-likeness (QED) is 0.278. The summed E-state index contributed by atoms with van der Waals surface area (Å²) < 4.78 is 1.20. The molecule has 0 bridgehead atoms. The van der Waals surface area contributed by atoms with Crippen LogP contribution >= 0.6 is 0 Å². The third kappa shape index (κ3) is 8.05. The molecule has 1 aromatic heterocycles. The normalized spacial score (nSPS) is 12.4. The van der Waals surface area contributed by atoms with Crippen LogP contribution < -0.4 is 10.6 Å². The molecule has 2 atom stereocenters. The number of aryl methyl sites for hydroxylation is 1. The first-order chi connectivity index (χ1) is 15.5. The second kappa shape index (κ2) is 11.4. The predicted octanol–water partition coefficient (Wildman–Crippen LogP) is -0.353. The van der Waals surface area contributed by atoms with E-state index in [9.17, 15) is 24.0 Å². The third-order valence-electron chi connectivity index (χ3n) is 4.48. The topological polar surface area (TPSA) is 201 Å². The molecule has 13 heteroatoms. The van der Waals surface area contributed by atoms with Crippen molar-refractivity contribution in [3.05, 3.63) is 36.0 Å². The van der Waals surface area contributed by atoms with Crippen molar-refractivity contribution >= 4 is 29.7 Å². The van der Waals surface area contributed by atoms with E-state index in [1.807, 2.05) is 31.2 Å². The average molecular weight is 461 g/mol. The minimum Gasteiger partial charge on any atom is -0.481 e. The molecule has 0 aliphatic heterocycles. The van der Waals surface area contributed by atoms with Crippen molar-refractivity contribution in [2.24, 2.45) is 0 Å². The van der Waals surface area contributed by atoms with Gasteiger partial charge in [-0.1, -0.05) is 35.0 Å². The van der Waals surface area contributed by atoms with Crippen LogP contribution in [0.4, 0.5) is 0 Å². The number of amides is 2. The number of rotatable bonds is 12. The van der Waals surface area contributed by atoms with E-state index in [2.05, 4.69) is 20.9 Å². The van der Waals surface area contributed by atoms with Crippen molar-refractivity contribution in [2.45, 2.75) is 44.8 Å². The fourth-order valence-electron chi connectivity index (χ4n) is 2.80. The summed E-state index contributed by atoms with van der Waals surface area (Å²) in [6.07, 6.45) is -0.245. The van der Waals surface area contributed by atoms with E-state index in [-0.39, 0.29) is 6.54 Å². The first kappa shape index (κ1) is 25.0. The summed E-state index contributed by atoms with van der Waals surface area (Å²) in [5, 5.41) is 39.0. The second-order valence-corrected chi connectivity index (χ2v) is 7.22. The number of aromatic nitrogens is 3. The zero-order valence-corrected chi connectivity index (χ0v) is 17.6. The minimum absolute atomic E-state index is 0.371. The van der Waals surface area contributed by atoms with Gasteiger partial charge >= 0.3 is 17.9 Å². The molecule has 2 rings (SSSR count). The molecule has 0 fully saturated rings. The van der Waals surface area contributed by atoms with Gasteiger partial charge in [-0.05, 0) is 13.3 Å². The molecule has 0 aliphatic rings. The van der Waals surface area contributed by atoms with Gasteiger partial charge in [0, 0.05) is 12.0 Å². The van der Waals surface area contributed by atoms with Crippen LogP contribution in [0.1, 0.15) is 24.8 Å². The van der Waals surface area contributed by atoms with Crippen molar-refractivity contribution in [2.75, 3.05) is 0 Å². The Balaban J connectivity index is 2.03. The first-order valence-electron chi connectivity index (χ1n) is 9.78. The molecule has 0 saturated carbocycles. The van der Waals surface area contributed by atoms with Gasteiger partial charge in [0.05, 0.1) is 12.6 Å². The summed E-state index contributed by atoms with van der Waals surface area (Å²) in [7, 11) is 0. The minimum atomic E-state index is -1.58. The van der Waals surface area contributed by atoms with Gasteiger partial charge in [-0.15, -0.1) is 5.10 Å². The molecule has 0 saturated heterocycles. The lowest BCUT2D eigenvalue weighted by atomic mass is 10.1. The monoisotopic (exact) mass is 461 g/mol. The van der Waals surface area contributed by atoms with Crippen molar-refractivity contribution in [3.63, 3.8) is 0 Å². The first-order valence-corrected chi connectivity index (χ1v) is 9.78. The van der Waals surface area contributed by atoms with Gasteiger partial charge in [-0.3, -0.25) is 19.2 Å². The molecule has 5 N–H and O–H groups in total. The molecule has 0 spiro atoms. The molecule has 2 aromatic rings. The number of carbonyl (C=O) groups excluding carboxylic acids is 2. The van der Waals surface area contributed by atoms with E-state index < -0.39 is 61.1 Å². The largest absolute Gasteiger partial charge is 0.481 e. The molecule has 33 heavy (non-hydrogen) atoms. The summed E-state index contributed by atoms with van der Waals surface area (Å²) in [5.74, 6) is -5.98. The maximum Gasteiger partial charge on any atom is 0.326 e. The number of nitrogens with zero attached hydrogens (tertiary/aromatic N) is 3. The molecule has 2 unspecified atom stereocenters. The Morgan fingerprint density at radius 1 is 0.970 bits per heavy atom. The molecule has 1 heterocycles. The van der Waals surface area contributed by atoms with Gasteiger partial charge in [-0.25, -0.2) is 9.48 Å². The highest BCUT2D eigenvalue weighted by Gasteiger charge is 2.28. The van der Waals surface area contributed by atoms with Gasteiger partial charge in [0.15, 0.2) is 0 Å². The number of aliphatic carboxylic acids is 3. The molecule has 176 valence electrons. The van der Waals surface area contributed by atoms with Crippen LogP contribution in [-0.2, 0) is 30.5 Å². The molecule has 2 amide bonds. The lowest BCUT2D eigenvalue weighted by Crippen LogP contribution is -2.52. The summed E-state index contributed by atoms with van der Waals surface area (Å²) in [5.41, 5.74) is 2.34. The zero-order chi connectivity index (χ0) is 24.5. The molecule has 0 radical (unpaired) electrons. The van der Waals surface area contributed by atoms with Gasteiger partial charge < -0.3 is 26.0 Å². The molecule has 1 aromatic carbocycles. The van der Waals surface area contributed by atoms with E-state index in [4.69, 9.17) is 15.3 Å². The van der Waals surface area contributed by atoms with Crippen molar-refractivity contribution in [1.82, 2.24) is 25.6 Å². The number of benzene rings is 1. The van der Waals surface area contributed by atoms with Crippen LogP contribution in [-0.4, -0.2) is 72.1 Å². The smallest absolute Gasteiger partial charge is 0.326 e. The fourth-order valence-corrected chi connectivity index (χ4v) is 2.80. The van der Waals surface area contributed by atoms with Crippen LogP contribution in [0.3, 0.4) is 0 Å². The van der Waals surface area contributed by atoms with Gasteiger partial charge in [0.2, 0.25) is 11.8 Å². The number of carbonyl (C=O) groups is 5. The molecular weight excluding hydrogens is 438 g/mol. The lowest BCUT2D eigenvalue weighted by molar-refractivity contribution is -0.144. The Bertz CT molecular complexity index is 1030. The Hall–Kier alpha value is -4.29. The maximum atomic E-state index is 12.4. The van der Waals surface area contributed by atoms with E-state index in [1.165, 1.54) is 10.9 Å². The second-order valence-electron chi connectivity index (χ2n) is 7.22. The number of carboxylic acid groups (broad SMARTS) is 3. The van der Waals surface area contributed by atoms with Crippen molar-refractivity contribution in [3.8, 4) is 11.3 Å². The molecule has 13 nitrogen and oxygen atoms in total. The Labute approximate surface area is 187 Å². The van der Waals surface area contributed by atoms with Crippen LogP contribution in [0.25, 0.3) is 11.3 Å². The van der Waals surface area contributed by atoms with E-state index >= 15 is 0 Å². The summed E-state index contributed by atoms with van der Waals surface area (Å²) in [4.78, 5) is 57.8. The van der Waals surface area contributed by atoms with Gasteiger partial charge in [0.1, 0.15) is 24.3 Å². The van der Waals surface area contributed by atoms with Crippen molar-refractivity contribution in [1.29, 1.82) is 0 Å². The van der Waals surface area contributed by atoms with Gasteiger partial charge in [0.25, 0.3) is 0 Å². The summed E-state index contributed by atoms with van der Waals surface area (Å²) in [6, 6.07) is 4.30. The maximum absolute atomic E-state index is 12.4. The molecular formula is C20H23N5O8. The third-order valence-corrected chi connectivity index (χ3v) is 4.48. The van der Waals surface area contributed by atoms with Crippen LogP contribution in [0.5, 0.6) is 0 Å². The summed E-state index contributed by atoms with van der Waals surface area (Å²) in [6.45, 7) is 1.56. The van der Waals surface area contributed by atoms with E-state index in [0.29, 0.717) is 5.69 Å². The number of hydrogen-bond donors (Lipinski definition) is 5. The highest BCUT2D eigenvalue weighted by Crippen LogP contribution is 2.16. The molecule has 0 aliphatic carbocycles. The average Bonchev–Trinajstić information content (AvgIpc) is 3.18. The number of carboxylic acids is 3. The highest BCUT2D eigenvalue weighted by atomic mass is 16.4. The van der Waals surface area contributed by atoms with E-state index in [0.717, 1.165) is 11.1 Å². The standard InChI is InChI=1S/C20H23N5O8/c1-11-2-4-12(5-3-11)15-9-25(24-23-15)10-16(26)21-14(8-18(29)30)19(31)22-13(20(32)33)6-7-17(27)28/h2-5,9,13-14H,6-8,10H2,1H3,(H,21,26)(H,22,31)(H,27,28)(H,29,30)(H,32,33).